The van der Waals surface area contributed by atoms with Crippen LogP contribution in [0.4, 0.5) is 0 Å². The van der Waals surface area contributed by atoms with Crippen LogP contribution in [0.1, 0.15) is 42.1 Å². The van der Waals surface area contributed by atoms with Crippen molar-refractivity contribution in [3.8, 4) is 6.07 Å². The van der Waals surface area contributed by atoms with Gasteiger partial charge in [0.1, 0.15) is 0 Å². The van der Waals surface area contributed by atoms with Gasteiger partial charge in [-0.05, 0) is 30.7 Å². The highest BCUT2D eigenvalue weighted by Crippen LogP contribution is 2.08. The summed E-state index contributed by atoms with van der Waals surface area (Å²) in [5, 5.41) is 17.8. The van der Waals surface area contributed by atoms with Crippen LogP contribution in [0.3, 0.4) is 0 Å². The molecule has 1 N–H and O–H groups in total. The zero-order valence-corrected chi connectivity index (χ0v) is 11.3. The number of nitriles is 1. The number of amides is 1. The van der Waals surface area contributed by atoms with Gasteiger partial charge in [-0.1, -0.05) is 19.8 Å². The first-order chi connectivity index (χ1) is 9.22. The lowest BCUT2D eigenvalue weighted by Crippen LogP contribution is -2.34. The normalized spacial score (nSPS) is 9.95. The number of rotatable bonds is 7. The van der Waals surface area contributed by atoms with E-state index in [0.29, 0.717) is 24.2 Å². The summed E-state index contributed by atoms with van der Waals surface area (Å²) < 4.78 is 0. The summed E-state index contributed by atoms with van der Waals surface area (Å²) in [6.45, 7) is 3.09. The molecule has 1 rings (SSSR count). The van der Waals surface area contributed by atoms with Crippen LogP contribution in [0.2, 0.25) is 0 Å². The van der Waals surface area contributed by atoms with Crippen molar-refractivity contribution in [2.45, 2.75) is 26.2 Å². The largest absolute Gasteiger partial charge is 0.395 e. The molecule has 0 heterocycles. The summed E-state index contributed by atoms with van der Waals surface area (Å²) in [4.78, 5) is 13.9. The predicted octanol–water partition coefficient (Wildman–Crippen LogP) is 2.18. The van der Waals surface area contributed by atoms with Crippen LogP contribution >= 0.6 is 0 Å². The second kappa shape index (κ2) is 8.28. The molecule has 1 aromatic carbocycles. The minimum Gasteiger partial charge on any atom is -0.395 e. The Labute approximate surface area is 114 Å². The number of hydrogen-bond acceptors (Lipinski definition) is 3. The van der Waals surface area contributed by atoms with Crippen LogP contribution in [-0.2, 0) is 0 Å². The first kappa shape index (κ1) is 15.2. The molecule has 0 aromatic heterocycles. The molecule has 0 saturated carbocycles. The molecular formula is C15H20N2O2. The van der Waals surface area contributed by atoms with E-state index in [1.54, 1.807) is 29.2 Å². The third-order valence-electron chi connectivity index (χ3n) is 2.95. The molecule has 0 saturated heterocycles. The molecule has 102 valence electrons. The van der Waals surface area contributed by atoms with Gasteiger partial charge in [-0.25, -0.2) is 0 Å². The molecule has 0 spiro atoms. The Morgan fingerprint density at radius 2 is 1.95 bits per heavy atom. The van der Waals surface area contributed by atoms with Crippen molar-refractivity contribution < 1.29 is 9.90 Å². The Bertz CT molecular complexity index is 434. The van der Waals surface area contributed by atoms with Gasteiger partial charge in [0.2, 0.25) is 0 Å². The van der Waals surface area contributed by atoms with E-state index in [1.807, 2.05) is 6.07 Å². The maximum atomic E-state index is 12.3. The molecule has 0 aliphatic rings. The van der Waals surface area contributed by atoms with Gasteiger partial charge in [0.25, 0.3) is 5.91 Å². The summed E-state index contributed by atoms with van der Waals surface area (Å²) in [6.07, 6.45) is 3.11. The predicted molar refractivity (Wildman–Crippen MR) is 73.7 cm³/mol. The standard InChI is InChI=1S/C15H20N2O2/c1-2-3-4-9-17(10-11-18)15(19)14-7-5-13(12-16)6-8-14/h5-8,18H,2-4,9-11H2,1H3. The third-order valence-corrected chi connectivity index (χ3v) is 2.95. The van der Waals surface area contributed by atoms with Gasteiger partial charge in [0, 0.05) is 18.7 Å². The van der Waals surface area contributed by atoms with Crippen molar-refractivity contribution in [1.82, 2.24) is 4.90 Å². The molecule has 0 aliphatic carbocycles. The van der Waals surface area contributed by atoms with Crippen molar-refractivity contribution in [1.29, 1.82) is 5.26 Å². The van der Waals surface area contributed by atoms with E-state index in [1.165, 1.54) is 0 Å². The van der Waals surface area contributed by atoms with Gasteiger partial charge >= 0.3 is 0 Å². The van der Waals surface area contributed by atoms with Gasteiger partial charge in [0.05, 0.1) is 18.2 Å². The molecule has 0 fully saturated rings. The minimum atomic E-state index is -0.0883. The number of aliphatic hydroxyl groups is 1. The fraction of sp³-hybridized carbons (Fsp3) is 0.467. The highest BCUT2D eigenvalue weighted by Gasteiger charge is 2.14. The monoisotopic (exact) mass is 260 g/mol. The topological polar surface area (TPSA) is 64.3 Å². The lowest BCUT2D eigenvalue weighted by atomic mass is 10.1. The van der Waals surface area contributed by atoms with Crippen molar-refractivity contribution in [3.05, 3.63) is 35.4 Å². The molecule has 0 radical (unpaired) electrons. The molecule has 0 atom stereocenters. The van der Waals surface area contributed by atoms with Crippen LogP contribution in [0, 0.1) is 11.3 Å². The molecule has 19 heavy (non-hydrogen) atoms. The summed E-state index contributed by atoms with van der Waals surface area (Å²) in [5.74, 6) is -0.0883. The number of aliphatic hydroxyl groups excluding tert-OH is 1. The van der Waals surface area contributed by atoms with Crippen molar-refractivity contribution in [2.24, 2.45) is 0 Å². The second-order valence-electron chi connectivity index (χ2n) is 4.41. The summed E-state index contributed by atoms with van der Waals surface area (Å²) in [7, 11) is 0. The molecular weight excluding hydrogens is 240 g/mol. The molecule has 0 unspecified atom stereocenters. The average Bonchev–Trinajstić information content (AvgIpc) is 2.46. The van der Waals surface area contributed by atoms with Crippen LogP contribution in [0.5, 0.6) is 0 Å². The number of hydrogen-bond donors (Lipinski definition) is 1. The number of nitrogens with zero attached hydrogens (tertiary/aromatic N) is 2. The van der Waals surface area contributed by atoms with Gasteiger partial charge < -0.3 is 10.0 Å². The lowest BCUT2D eigenvalue weighted by Gasteiger charge is -2.21. The molecule has 0 aliphatic heterocycles. The Kier molecular flexibility index (Phi) is 6.62. The fourth-order valence-corrected chi connectivity index (χ4v) is 1.86. The average molecular weight is 260 g/mol. The van der Waals surface area contributed by atoms with Crippen molar-refractivity contribution in [3.63, 3.8) is 0 Å². The summed E-state index contributed by atoms with van der Waals surface area (Å²) >= 11 is 0. The smallest absolute Gasteiger partial charge is 0.253 e. The quantitative estimate of drug-likeness (QED) is 0.764. The zero-order valence-electron chi connectivity index (χ0n) is 11.3. The highest BCUT2D eigenvalue weighted by molar-refractivity contribution is 5.94. The van der Waals surface area contributed by atoms with Crippen LogP contribution in [-0.4, -0.2) is 35.6 Å². The number of benzene rings is 1. The third kappa shape index (κ3) is 4.72. The van der Waals surface area contributed by atoms with E-state index in [4.69, 9.17) is 10.4 Å². The number of carbonyl (C=O) groups excluding carboxylic acids is 1. The maximum absolute atomic E-state index is 12.3. The molecule has 1 amide bonds. The van der Waals surface area contributed by atoms with Gasteiger partial charge in [-0.2, -0.15) is 5.26 Å². The SMILES string of the molecule is CCCCCN(CCO)C(=O)c1ccc(C#N)cc1. The van der Waals surface area contributed by atoms with Crippen molar-refractivity contribution in [2.75, 3.05) is 19.7 Å². The maximum Gasteiger partial charge on any atom is 0.253 e. The summed E-state index contributed by atoms with van der Waals surface area (Å²) in [5.41, 5.74) is 1.10. The Morgan fingerprint density at radius 1 is 1.26 bits per heavy atom. The van der Waals surface area contributed by atoms with Crippen LogP contribution in [0.25, 0.3) is 0 Å². The second-order valence-corrected chi connectivity index (χ2v) is 4.41. The van der Waals surface area contributed by atoms with E-state index in [9.17, 15) is 4.79 Å². The Hall–Kier alpha value is -1.86. The fourth-order valence-electron chi connectivity index (χ4n) is 1.86. The minimum absolute atomic E-state index is 0.0336. The number of unbranched alkanes of at least 4 members (excludes halogenated alkanes) is 2. The van der Waals surface area contributed by atoms with E-state index in [-0.39, 0.29) is 12.5 Å². The van der Waals surface area contributed by atoms with Crippen LogP contribution < -0.4 is 0 Å². The number of carbonyl (C=O) groups is 1. The van der Waals surface area contributed by atoms with E-state index < -0.39 is 0 Å². The Morgan fingerprint density at radius 3 is 2.47 bits per heavy atom. The molecule has 4 nitrogen and oxygen atoms in total. The van der Waals surface area contributed by atoms with E-state index >= 15 is 0 Å². The van der Waals surface area contributed by atoms with Gasteiger partial charge in [-0.3, -0.25) is 4.79 Å². The zero-order chi connectivity index (χ0) is 14.1. The lowest BCUT2D eigenvalue weighted by molar-refractivity contribution is 0.0718. The van der Waals surface area contributed by atoms with Gasteiger partial charge in [0.15, 0.2) is 0 Å². The highest BCUT2D eigenvalue weighted by atomic mass is 16.3. The van der Waals surface area contributed by atoms with E-state index in [0.717, 1.165) is 19.3 Å². The van der Waals surface area contributed by atoms with Gasteiger partial charge in [-0.15, -0.1) is 0 Å². The first-order valence-corrected chi connectivity index (χ1v) is 6.63. The van der Waals surface area contributed by atoms with E-state index in [2.05, 4.69) is 6.92 Å². The molecule has 0 bridgehead atoms. The van der Waals surface area contributed by atoms with Crippen molar-refractivity contribution >= 4 is 5.91 Å². The Balaban J connectivity index is 2.71. The molecule has 1 aromatic rings. The first-order valence-electron chi connectivity index (χ1n) is 6.63. The molecule has 4 heteroatoms. The van der Waals surface area contributed by atoms with Crippen LogP contribution in [0.15, 0.2) is 24.3 Å². The summed E-state index contributed by atoms with van der Waals surface area (Å²) in [6, 6.07) is 8.61.